The van der Waals surface area contributed by atoms with Crippen molar-refractivity contribution in [3.05, 3.63) is 12.4 Å². The molecule has 1 aromatic rings. The first-order valence-corrected chi connectivity index (χ1v) is 11.0. The summed E-state index contributed by atoms with van der Waals surface area (Å²) in [5.41, 5.74) is -0.494. The van der Waals surface area contributed by atoms with E-state index in [0.29, 0.717) is 18.9 Å². The topological polar surface area (TPSA) is 110 Å². The molecule has 164 valence electrons. The van der Waals surface area contributed by atoms with E-state index in [1.165, 1.54) is 17.3 Å². The highest BCUT2D eigenvalue weighted by molar-refractivity contribution is 6.01. The van der Waals surface area contributed by atoms with Crippen molar-refractivity contribution in [3.63, 3.8) is 0 Å². The molecule has 1 aliphatic carbocycles. The number of likely N-dealkylation sites (tertiary alicyclic amines) is 1. The molecule has 3 aliphatic rings. The Balaban J connectivity index is 1.18. The number of piperidine rings is 1. The highest BCUT2D eigenvalue weighted by Crippen LogP contribution is 2.47. The van der Waals surface area contributed by atoms with Gasteiger partial charge in [-0.3, -0.25) is 19.4 Å². The second kappa shape index (κ2) is 8.85. The Kier molecular flexibility index (Phi) is 6.19. The largest absolute Gasteiger partial charge is 0.505 e. The number of carbonyl (C=O) groups excluding carboxylic acids is 2. The molecule has 1 saturated carbocycles. The summed E-state index contributed by atoms with van der Waals surface area (Å²) in [5.74, 6) is 0.188. The maximum absolute atomic E-state index is 12.6. The summed E-state index contributed by atoms with van der Waals surface area (Å²) in [6, 6.07) is 0. The number of rotatable bonds is 6. The van der Waals surface area contributed by atoms with E-state index in [1.807, 2.05) is 0 Å². The average Bonchev–Trinajstić information content (AvgIpc) is 3.22. The van der Waals surface area contributed by atoms with Gasteiger partial charge in [-0.1, -0.05) is 12.8 Å². The minimum Gasteiger partial charge on any atom is -0.505 e. The summed E-state index contributed by atoms with van der Waals surface area (Å²) in [7, 11) is 0. The fourth-order valence-electron chi connectivity index (χ4n) is 5.04. The van der Waals surface area contributed by atoms with Crippen LogP contribution in [0.5, 0.6) is 5.75 Å². The molecular weight excluding hydrogens is 386 g/mol. The van der Waals surface area contributed by atoms with Gasteiger partial charge in [0.1, 0.15) is 6.10 Å². The summed E-state index contributed by atoms with van der Waals surface area (Å²) < 4.78 is 0. The van der Waals surface area contributed by atoms with E-state index in [9.17, 15) is 19.8 Å². The number of imide groups is 1. The molecule has 1 unspecified atom stereocenters. The lowest BCUT2D eigenvalue weighted by atomic mass is 9.74. The first-order valence-electron chi connectivity index (χ1n) is 11.0. The second-order valence-corrected chi connectivity index (χ2v) is 8.81. The van der Waals surface area contributed by atoms with E-state index in [-0.39, 0.29) is 11.7 Å². The monoisotopic (exact) mass is 417 g/mol. The molecule has 1 aromatic heterocycles. The number of aliphatic hydroxyl groups excluding tert-OH is 1. The molecule has 0 radical (unpaired) electrons. The Morgan fingerprint density at radius 3 is 2.30 bits per heavy atom. The third-order valence-electron chi connectivity index (χ3n) is 6.87. The van der Waals surface area contributed by atoms with Crippen LogP contribution in [0.4, 0.5) is 5.95 Å². The maximum Gasteiger partial charge on any atom is 0.258 e. The number of aliphatic hydroxyl groups is 1. The van der Waals surface area contributed by atoms with Crippen molar-refractivity contribution in [2.24, 2.45) is 5.41 Å². The SMILES string of the molecule is O=C1CC2(CCCC2)C(O)C(=O)N1CCCCN1CCN(c2ncc(O)cn2)CC1. The maximum atomic E-state index is 12.6. The lowest BCUT2D eigenvalue weighted by Gasteiger charge is -2.41. The fourth-order valence-corrected chi connectivity index (χ4v) is 5.04. The zero-order chi connectivity index (χ0) is 21.1. The molecule has 0 aromatic carbocycles. The number of carbonyl (C=O) groups is 2. The van der Waals surface area contributed by atoms with Crippen LogP contribution >= 0.6 is 0 Å². The van der Waals surface area contributed by atoms with Crippen molar-refractivity contribution in [3.8, 4) is 5.75 Å². The zero-order valence-electron chi connectivity index (χ0n) is 17.4. The normalized spacial score (nSPS) is 24.8. The van der Waals surface area contributed by atoms with Gasteiger partial charge in [0, 0.05) is 44.6 Å². The summed E-state index contributed by atoms with van der Waals surface area (Å²) >= 11 is 0. The molecule has 30 heavy (non-hydrogen) atoms. The third-order valence-corrected chi connectivity index (χ3v) is 6.87. The Bertz CT molecular complexity index is 757. The van der Waals surface area contributed by atoms with Crippen LogP contribution in [0.2, 0.25) is 0 Å². The van der Waals surface area contributed by atoms with Gasteiger partial charge in [0.05, 0.1) is 12.4 Å². The van der Waals surface area contributed by atoms with Gasteiger partial charge in [-0.2, -0.15) is 0 Å². The summed E-state index contributed by atoms with van der Waals surface area (Å²) in [6.45, 7) is 4.74. The first kappa shape index (κ1) is 21.0. The van der Waals surface area contributed by atoms with Gasteiger partial charge in [0.2, 0.25) is 11.9 Å². The number of amides is 2. The van der Waals surface area contributed by atoms with Gasteiger partial charge in [-0.25, -0.2) is 9.97 Å². The van der Waals surface area contributed by atoms with Gasteiger partial charge < -0.3 is 15.1 Å². The Labute approximate surface area is 176 Å². The molecular formula is C21H31N5O4. The highest BCUT2D eigenvalue weighted by atomic mass is 16.3. The lowest BCUT2D eigenvalue weighted by Crippen LogP contribution is -2.56. The number of aromatic hydroxyl groups is 1. The highest BCUT2D eigenvalue weighted by Gasteiger charge is 2.51. The van der Waals surface area contributed by atoms with Gasteiger partial charge in [0.15, 0.2) is 5.75 Å². The van der Waals surface area contributed by atoms with Gasteiger partial charge in [-0.05, 0) is 32.2 Å². The van der Waals surface area contributed by atoms with Crippen molar-refractivity contribution in [1.82, 2.24) is 19.8 Å². The standard InChI is InChI=1S/C21H31N5O4/c27-16-14-22-20(23-15-16)25-11-9-24(10-12-25)7-3-4-8-26-17(28)13-21(5-1-2-6-21)18(29)19(26)30/h14-15,18,27,29H,1-13H2. The van der Waals surface area contributed by atoms with Crippen molar-refractivity contribution in [2.75, 3.05) is 44.2 Å². The number of aromatic nitrogens is 2. The van der Waals surface area contributed by atoms with Gasteiger partial charge >= 0.3 is 0 Å². The molecule has 2 amide bonds. The molecule has 2 N–H and O–H groups in total. The Hall–Kier alpha value is -2.26. The van der Waals surface area contributed by atoms with Crippen molar-refractivity contribution in [1.29, 1.82) is 0 Å². The minimum atomic E-state index is -1.02. The molecule has 0 bridgehead atoms. The van der Waals surface area contributed by atoms with Crippen LogP contribution in [0, 0.1) is 5.41 Å². The fraction of sp³-hybridized carbons (Fsp3) is 0.714. The molecule has 2 aliphatic heterocycles. The molecule has 1 atom stereocenters. The van der Waals surface area contributed by atoms with Crippen molar-refractivity contribution in [2.45, 2.75) is 51.0 Å². The molecule has 3 fully saturated rings. The number of hydrogen-bond acceptors (Lipinski definition) is 8. The second-order valence-electron chi connectivity index (χ2n) is 8.81. The quantitative estimate of drug-likeness (QED) is 0.516. The van der Waals surface area contributed by atoms with E-state index in [1.54, 1.807) is 0 Å². The first-order chi connectivity index (χ1) is 14.5. The lowest BCUT2D eigenvalue weighted by molar-refractivity contribution is -0.166. The minimum absolute atomic E-state index is 0.0639. The molecule has 2 saturated heterocycles. The Morgan fingerprint density at radius 1 is 1.00 bits per heavy atom. The molecule has 3 heterocycles. The number of unbranched alkanes of at least 4 members (excludes halogenated alkanes) is 1. The average molecular weight is 418 g/mol. The summed E-state index contributed by atoms with van der Waals surface area (Å²) in [5, 5.41) is 19.8. The van der Waals surface area contributed by atoms with E-state index < -0.39 is 17.4 Å². The third kappa shape index (κ3) is 4.27. The molecule has 4 rings (SSSR count). The van der Waals surface area contributed by atoms with E-state index in [0.717, 1.165) is 71.2 Å². The summed E-state index contributed by atoms with van der Waals surface area (Å²) in [4.78, 5) is 39.2. The predicted octanol–water partition coefficient (Wildman–Crippen LogP) is 0.765. The van der Waals surface area contributed by atoms with E-state index in [2.05, 4.69) is 19.8 Å². The van der Waals surface area contributed by atoms with Gasteiger partial charge in [0.25, 0.3) is 5.91 Å². The molecule has 1 spiro atoms. The number of piperazine rings is 1. The van der Waals surface area contributed by atoms with E-state index >= 15 is 0 Å². The number of nitrogens with zero attached hydrogens (tertiary/aromatic N) is 5. The molecule has 9 heteroatoms. The van der Waals surface area contributed by atoms with Crippen LogP contribution in [-0.2, 0) is 9.59 Å². The van der Waals surface area contributed by atoms with Crippen molar-refractivity contribution >= 4 is 17.8 Å². The molecule has 9 nitrogen and oxygen atoms in total. The van der Waals surface area contributed by atoms with Crippen LogP contribution in [0.15, 0.2) is 12.4 Å². The smallest absolute Gasteiger partial charge is 0.258 e. The van der Waals surface area contributed by atoms with E-state index in [4.69, 9.17) is 0 Å². The summed E-state index contributed by atoms with van der Waals surface area (Å²) in [6.07, 6.45) is 7.28. The number of hydrogen-bond donors (Lipinski definition) is 2. The van der Waals surface area contributed by atoms with Crippen LogP contribution in [0.1, 0.15) is 44.9 Å². The zero-order valence-corrected chi connectivity index (χ0v) is 17.4. The predicted molar refractivity (Wildman–Crippen MR) is 110 cm³/mol. The van der Waals surface area contributed by atoms with Crippen LogP contribution in [0.25, 0.3) is 0 Å². The van der Waals surface area contributed by atoms with Crippen molar-refractivity contribution < 1.29 is 19.8 Å². The van der Waals surface area contributed by atoms with Crippen LogP contribution < -0.4 is 4.90 Å². The van der Waals surface area contributed by atoms with Crippen LogP contribution in [-0.4, -0.2) is 87.2 Å². The van der Waals surface area contributed by atoms with Gasteiger partial charge in [-0.15, -0.1) is 0 Å². The number of anilines is 1. The Morgan fingerprint density at radius 2 is 1.63 bits per heavy atom. The van der Waals surface area contributed by atoms with Crippen LogP contribution in [0.3, 0.4) is 0 Å².